The minimum absolute atomic E-state index is 0.355. The molecular weight excluding hydrogens is 232 g/mol. The summed E-state index contributed by atoms with van der Waals surface area (Å²) in [4.78, 5) is 5.25. The predicted molar refractivity (Wildman–Crippen MR) is 69.8 cm³/mol. The van der Waals surface area contributed by atoms with Crippen LogP contribution in [-0.4, -0.2) is 16.6 Å². The van der Waals surface area contributed by atoms with E-state index in [-0.39, 0.29) is 6.10 Å². The zero-order valence-corrected chi connectivity index (χ0v) is 10.4. The first kappa shape index (κ1) is 12.2. The summed E-state index contributed by atoms with van der Waals surface area (Å²) >= 11 is 1.60. The molecule has 0 amide bonds. The molecule has 0 bridgehead atoms. The van der Waals surface area contributed by atoms with E-state index in [4.69, 9.17) is 0 Å². The Morgan fingerprint density at radius 1 is 1.29 bits per heavy atom. The fourth-order valence-corrected chi connectivity index (χ4v) is 2.33. The molecule has 2 aromatic rings. The molecule has 0 aromatic carbocycles. The Morgan fingerprint density at radius 3 is 2.94 bits per heavy atom. The van der Waals surface area contributed by atoms with Gasteiger partial charge in [0.15, 0.2) is 0 Å². The van der Waals surface area contributed by atoms with Crippen molar-refractivity contribution < 1.29 is 5.11 Å². The Kier molecular flexibility index (Phi) is 4.67. The first-order chi connectivity index (χ1) is 8.36. The van der Waals surface area contributed by atoms with E-state index >= 15 is 0 Å². The van der Waals surface area contributed by atoms with Gasteiger partial charge >= 0.3 is 0 Å². The monoisotopic (exact) mass is 248 g/mol. The average Bonchev–Trinajstić information content (AvgIpc) is 2.89. The van der Waals surface area contributed by atoms with Crippen LogP contribution in [0.1, 0.15) is 23.1 Å². The highest BCUT2D eigenvalue weighted by atomic mass is 32.1. The Balaban J connectivity index is 1.67. The minimum atomic E-state index is -0.355. The molecule has 0 aliphatic heterocycles. The second-order valence-electron chi connectivity index (χ2n) is 3.82. The van der Waals surface area contributed by atoms with Gasteiger partial charge < -0.3 is 10.4 Å². The number of aliphatic hydroxyl groups excluding tert-OH is 1. The molecule has 2 N–H and O–H groups in total. The molecule has 1 unspecified atom stereocenters. The maximum absolute atomic E-state index is 9.86. The van der Waals surface area contributed by atoms with Gasteiger partial charge in [0.25, 0.3) is 0 Å². The normalized spacial score (nSPS) is 12.5. The molecule has 0 fully saturated rings. The summed E-state index contributed by atoms with van der Waals surface area (Å²) in [6, 6.07) is 9.80. The fourth-order valence-electron chi connectivity index (χ4n) is 1.58. The minimum Gasteiger partial charge on any atom is -0.388 e. The van der Waals surface area contributed by atoms with Gasteiger partial charge in [0, 0.05) is 17.6 Å². The zero-order valence-electron chi connectivity index (χ0n) is 9.54. The van der Waals surface area contributed by atoms with Crippen LogP contribution >= 0.6 is 11.3 Å². The summed E-state index contributed by atoms with van der Waals surface area (Å²) in [5.41, 5.74) is 1.03. The number of nitrogens with zero attached hydrogens (tertiary/aromatic N) is 1. The van der Waals surface area contributed by atoms with Crippen LogP contribution in [0.3, 0.4) is 0 Å². The van der Waals surface area contributed by atoms with Crippen molar-refractivity contribution in [3.63, 3.8) is 0 Å². The molecule has 4 heteroatoms. The number of nitrogens with one attached hydrogen (secondary N) is 1. The van der Waals surface area contributed by atoms with Crippen LogP contribution in [-0.2, 0) is 6.54 Å². The highest BCUT2D eigenvalue weighted by molar-refractivity contribution is 7.10. The van der Waals surface area contributed by atoms with E-state index in [1.165, 1.54) is 0 Å². The maximum Gasteiger partial charge on any atom is 0.0894 e. The van der Waals surface area contributed by atoms with Gasteiger partial charge in [0.1, 0.15) is 0 Å². The number of hydrogen-bond acceptors (Lipinski definition) is 4. The van der Waals surface area contributed by atoms with Crippen LogP contribution in [0.5, 0.6) is 0 Å². The second kappa shape index (κ2) is 6.49. The molecule has 0 aliphatic carbocycles. The van der Waals surface area contributed by atoms with Gasteiger partial charge in [-0.15, -0.1) is 11.3 Å². The van der Waals surface area contributed by atoms with Gasteiger partial charge in [-0.2, -0.15) is 0 Å². The highest BCUT2D eigenvalue weighted by Crippen LogP contribution is 2.20. The van der Waals surface area contributed by atoms with Crippen molar-refractivity contribution in [3.05, 3.63) is 52.5 Å². The third kappa shape index (κ3) is 3.93. The number of pyridine rings is 1. The Labute approximate surface area is 105 Å². The van der Waals surface area contributed by atoms with Crippen molar-refractivity contribution in [1.29, 1.82) is 0 Å². The van der Waals surface area contributed by atoms with Gasteiger partial charge in [-0.25, -0.2) is 0 Å². The maximum atomic E-state index is 9.86. The van der Waals surface area contributed by atoms with Gasteiger partial charge in [-0.3, -0.25) is 4.98 Å². The summed E-state index contributed by atoms with van der Waals surface area (Å²) in [7, 11) is 0. The first-order valence-corrected chi connectivity index (χ1v) is 6.56. The Hall–Kier alpha value is -1.23. The molecule has 0 saturated heterocycles. The molecule has 2 aromatic heterocycles. The average molecular weight is 248 g/mol. The second-order valence-corrected chi connectivity index (χ2v) is 4.80. The molecule has 0 aliphatic rings. The van der Waals surface area contributed by atoms with E-state index in [0.29, 0.717) is 0 Å². The summed E-state index contributed by atoms with van der Waals surface area (Å²) in [5.74, 6) is 0. The number of hydrogen-bond donors (Lipinski definition) is 2. The van der Waals surface area contributed by atoms with Gasteiger partial charge in [0.2, 0.25) is 0 Å². The molecule has 1 atom stereocenters. The SMILES string of the molecule is OC(CCNCc1ccccn1)c1cccs1. The van der Waals surface area contributed by atoms with Crippen LogP contribution in [0.2, 0.25) is 0 Å². The highest BCUT2D eigenvalue weighted by Gasteiger charge is 2.07. The molecule has 0 radical (unpaired) electrons. The van der Waals surface area contributed by atoms with Crippen molar-refractivity contribution in [2.75, 3.05) is 6.54 Å². The van der Waals surface area contributed by atoms with Crippen molar-refractivity contribution >= 4 is 11.3 Å². The molecule has 0 saturated carbocycles. The van der Waals surface area contributed by atoms with Crippen molar-refractivity contribution in [1.82, 2.24) is 10.3 Å². The van der Waals surface area contributed by atoms with E-state index in [9.17, 15) is 5.11 Å². The van der Waals surface area contributed by atoms with E-state index in [2.05, 4.69) is 10.3 Å². The summed E-state index contributed by atoms with van der Waals surface area (Å²) < 4.78 is 0. The zero-order chi connectivity index (χ0) is 11.9. The Bertz CT molecular complexity index is 416. The van der Waals surface area contributed by atoms with Gasteiger partial charge in [-0.1, -0.05) is 12.1 Å². The van der Waals surface area contributed by atoms with Crippen LogP contribution in [0.15, 0.2) is 41.9 Å². The molecular formula is C13H16N2OS. The Morgan fingerprint density at radius 2 is 2.24 bits per heavy atom. The summed E-state index contributed by atoms with van der Waals surface area (Å²) in [6.07, 6.45) is 2.16. The van der Waals surface area contributed by atoms with E-state index in [1.54, 1.807) is 17.5 Å². The molecule has 2 heterocycles. The van der Waals surface area contributed by atoms with Crippen molar-refractivity contribution in [2.24, 2.45) is 0 Å². The third-order valence-corrected chi connectivity index (χ3v) is 3.47. The first-order valence-electron chi connectivity index (χ1n) is 5.68. The fraction of sp³-hybridized carbons (Fsp3) is 0.308. The van der Waals surface area contributed by atoms with Gasteiger partial charge in [-0.05, 0) is 36.5 Å². The van der Waals surface area contributed by atoms with Crippen molar-refractivity contribution in [2.45, 2.75) is 19.1 Å². The predicted octanol–water partition coefficient (Wildman–Crippen LogP) is 2.36. The number of rotatable bonds is 6. The molecule has 3 nitrogen and oxygen atoms in total. The quantitative estimate of drug-likeness (QED) is 0.771. The van der Waals surface area contributed by atoms with E-state index < -0.39 is 0 Å². The summed E-state index contributed by atoms with van der Waals surface area (Å²) in [6.45, 7) is 1.54. The molecule has 90 valence electrons. The molecule has 2 rings (SSSR count). The van der Waals surface area contributed by atoms with Crippen LogP contribution in [0.25, 0.3) is 0 Å². The lowest BCUT2D eigenvalue weighted by atomic mass is 10.2. The molecule has 17 heavy (non-hydrogen) atoms. The van der Waals surface area contributed by atoms with Crippen LogP contribution < -0.4 is 5.32 Å². The lowest BCUT2D eigenvalue weighted by Crippen LogP contribution is -2.17. The number of aromatic nitrogens is 1. The lowest BCUT2D eigenvalue weighted by molar-refractivity contribution is 0.170. The lowest BCUT2D eigenvalue weighted by Gasteiger charge is -2.09. The number of thiophene rings is 1. The van der Waals surface area contributed by atoms with Gasteiger partial charge in [0.05, 0.1) is 11.8 Å². The van der Waals surface area contributed by atoms with E-state index in [0.717, 1.165) is 30.1 Å². The van der Waals surface area contributed by atoms with Crippen LogP contribution in [0.4, 0.5) is 0 Å². The summed E-state index contributed by atoms with van der Waals surface area (Å²) in [5, 5.41) is 15.1. The molecule has 0 spiro atoms. The third-order valence-electron chi connectivity index (χ3n) is 2.50. The smallest absolute Gasteiger partial charge is 0.0894 e. The van der Waals surface area contributed by atoms with E-state index in [1.807, 2.05) is 35.7 Å². The van der Waals surface area contributed by atoms with Crippen LogP contribution in [0, 0.1) is 0 Å². The largest absolute Gasteiger partial charge is 0.388 e. The standard InChI is InChI=1S/C13H16N2OS/c16-12(13-5-3-9-17-13)6-8-14-10-11-4-1-2-7-15-11/h1-5,7,9,12,14,16H,6,8,10H2. The topological polar surface area (TPSA) is 45.1 Å². The number of aliphatic hydroxyl groups is 1. The van der Waals surface area contributed by atoms with Crippen molar-refractivity contribution in [3.8, 4) is 0 Å².